The van der Waals surface area contributed by atoms with E-state index in [1.54, 1.807) is 6.92 Å². The van der Waals surface area contributed by atoms with Crippen LogP contribution in [0.5, 0.6) is 0 Å². The van der Waals surface area contributed by atoms with Gasteiger partial charge in [0, 0.05) is 19.1 Å². The van der Waals surface area contributed by atoms with Gasteiger partial charge in [0.05, 0.1) is 12.5 Å². The minimum atomic E-state index is -3.62. The molecule has 24 heavy (non-hydrogen) atoms. The van der Waals surface area contributed by atoms with Crippen molar-refractivity contribution in [2.24, 2.45) is 5.92 Å². The molecule has 1 aromatic carbocycles. The summed E-state index contributed by atoms with van der Waals surface area (Å²) in [6.45, 7) is 2.72. The van der Waals surface area contributed by atoms with Crippen LogP contribution in [0.1, 0.15) is 43.4 Å². The van der Waals surface area contributed by atoms with Gasteiger partial charge in [0.15, 0.2) is 0 Å². The Labute approximate surface area is 143 Å². The van der Waals surface area contributed by atoms with Crippen LogP contribution in [0, 0.1) is 5.92 Å². The van der Waals surface area contributed by atoms with Crippen molar-refractivity contribution in [1.29, 1.82) is 0 Å². The van der Waals surface area contributed by atoms with Crippen molar-refractivity contribution in [3.05, 3.63) is 35.4 Å². The van der Waals surface area contributed by atoms with Crippen molar-refractivity contribution in [3.8, 4) is 0 Å². The molecule has 1 aliphatic carbocycles. The zero-order valence-corrected chi connectivity index (χ0v) is 14.7. The summed E-state index contributed by atoms with van der Waals surface area (Å²) >= 11 is 0. The summed E-state index contributed by atoms with van der Waals surface area (Å²) in [5.74, 6) is -0.672. The van der Waals surface area contributed by atoms with Crippen molar-refractivity contribution < 1.29 is 17.9 Å². The fourth-order valence-electron chi connectivity index (χ4n) is 3.55. The van der Waals surface area contributed by atoms with Crippen LogP contribution in [0.25, 0.3) is 0 Å². The Hall–Kier alpha value is -1.44. The number of piperidine rings is 1. The van der Waals surface area contributed by atoms with E-state index >= 15 is 0 Å². The number of benzene rings is 1. The summed E-state index contributed by atoms with van der Waals surface area (Å²) in [4.78, 5) is 11.9. The van der Waals surface area contributed by atoms with Gasteiger partial charge >= 0.3 is 5.97 Å². The van der Waals surface area contributed by atoms with Gasteiger partial charge in [-0.05, 0) is 43.7 Å². The van der Waals surface area contributed by atoms with Gasteiger partial charge < -0.3 is 4.74 Å². The lowest BCUT2D eigenvalue weighted by Gasteiger charge is -2.31. The van der Waals surface area contributed by atoms with E-state index in [1.807, 2.05) is 24.3 Å². The minimum absolute atomic E-state index is 0.186. The summed E-state index contributed by atoms with van der Waals surface area (Å²) in [5.41, 5.74) is 2.26. The molecule has 1 fully saturated rings. The zero-order valence-electron chi connectivity index (χ0n) is 13.9. The highest BCUT2D eigenvalue weighted by Crippen LogP contribution is 2.32. The van der Waals surface area contributed by atoms with Gasteiger partial charge in [0.1, 0.15) is 0 Å². The number of ether oxygens (including phenoxy) is 1. The first-order chi connectivity index (χ1) is 11.5. The maximum Gasteiger partial charge on any atom is 0.310 e. The molecule has 2 aliphatic rings. The maximum atomic E-state index is 12.7. The van der Waals surface area contributed by atoms with E-state index in [9.17, 15) is 13.2 Å². The average Bonchev–Trinajstić information content (AvgIpc) is 2.98. The van der Waals surface area contributed by atoms with E-state index in [0.29, 0.717) is 26.0 Å². The summed E-state index contributed by atoms with van der Waals surface area (Å²) in [7, 11) is -3.62. The van der Waals surface area contributed by atoms with E-state index < -0.39 is 10.2 Å². The van der Waals surface area contributed by atoms with Crippen LogP contribution >= 0.6 is 0 Å². The zero-order chi connectivity index (χ0) is 17.2. The minimum Gasteiger partial charge on any atom is -0.466 e. The molecule has 0 spiro atoms. The van der Waals surface area contributed by atoms with Gasteiger partial charge in [0.2, 0.25) is 0 Å². The molecular formula is C17H24N2O4S. The summed E-state index contributed by atoms with van der Waals surface area (Å²) in [6, 6.07) is 7.75. The number of hydrogen-bond acceptors (Lipinski definition) is 4. The van der Waals surface area contributed by atoms with Crippen LogP contribution in [0.2, 0.25) is 0 Å². The summed E-state index contributed by atoms with van der Waals surface area (Å²) in [6.07, 6.45) is 3.01. The van der Waals surface area contributed by atoms with Gasteiger partial charge in [-0.1, -0.05) is 24.3 Å². The van der Waals surface area contributed by atoms with Crippen molar-refractivity contribution >= 4 is 16.2 Å². The molecule has 3 rings (SSSR count). The second-order valence-corrected chi connectivity index (χ2v) is 8.06. The first-order valence-corrected chi connectivity index (χ1v) is 9.97. The fourth-order valence-corrected chi connectivity index (χ4v) is 5.05. The highest BCUT2D eigenvalue weighted by atomic mass is 32.2. The Bertz CT molecular complexity index is 704. The molecule has 1 aromatic rings. The predicted molar refractivity (Wildman–Crippen MR) is 90.5 cm³/mol. The van der Waals surface area contributed by atoms with E-state index in [2.05, 4.69) is 4.72 Å². The molecule has 0 bridgehead atoms. The topological polar surface area (TPSA) is 75.7 Å². The van der Waals surface area contributed by atoms with Crippen molar-refractivity contribution in [2.45, 2.75) is 38.6 Å². The average molecular weight is 352 g/mol. The van der Waals surface area contributed by atoms with Crippen LogP contribution in [-0.2, 0) is 26.2 Å². The predicted octanol–water partition coefficient (Wildman–Crippen LogP) is 1.78. The Morgan fingerprint density at radius 3 is 2.92 bits per heavy atom. The third-order valence-corrected chi connectivity index (χ3v) is 6.36. The Balaban J connectivity index is 1.68. The van der Waals surface area contributed by atoms with E-state index in [1.165, 1.54) is 9.87 Å². The molecule has 0 aromatic heterocycles. The van der Waals surface area contributed by atoms with Gasteiger partial charge in [-0.15, -0.1) is 0 Å². The quantitative estimate of drug-likeness (QED) is 0.820. The molecule has 1 heterocycles. The molecule has 6 nitrogen and oxygen atoms in total. The number of carbonyl (C=O) groups excluding carboxylic acids is 1. The molecule has 132 valence electrons. The second kappa shape index (κ2) is 7.21. The molecule has 2 unspecified atom stereocenters. The standard InChI is InChI=1S/C17H24N2O4S/c1-2-23-17(20)14-7-5-11-19(12-14)24(21,22)18-16-10-9-13-6-3-4-8-15(13)16/h3-4,6,8,14,16,18H,2,5,7,9-12H2,1H3. The van der Waals surface area contributed by atoms with Gasteiger partial charge in [0.25, 0.3) is 10.2 Å². The molecule has 1 saturated heterocycles. The van der Waals surface area contributed by atoms with Crippen LogP contribution < -0.4 is 4.72 Å². The number of aryl methyl sites for hydroxylation is 1. The fraction of sp³-hybridized carbons (Fsp3) is 0.588. The number of esters is 1. The lowest BCUT2D eigenvalue weighted by Crippen LogP contribution is -2.48. The Kier molecular flexibility index (Phi) is 5.22. The number of nitrogens with zero attached hydrogens (tertiary/aromatic N) is 1. The van der Waals surface area contributed by atoms with Gasteiger partial charge in [-0.2, -0.15) is 17.4 Å². The van der Waals surface area contributed by atoms with Gasteiger partial charge in [-0.3, -0.25) is 4.79 Å². The Morgan fingerprint density at radius 1 is 1.33 bits per heavy atom. The molecule has 1 N–H and O–H groups in total. The summed E-state index contributed by atoms with van der Waals surface area (Å²) < 4.78 is 34.7. The monoisotopic (exact) mass is 352 g/mol. The number of hydrogen-bond donors (Lipinski definition) is 1. The molecule has 0 amide bonds. The van der Waals surface area contributed by atoms with Crippen molar-refractivity contribution in [1.82, 2.24) is 9.03 Å². The number of carbonyl (C=O) groups is 1. The second-order valence-electron chi connectivity index (χ2n) is 6.36. The van der Waals surface area contributed by atoms with Crippen molar-refractivity contribution in [3.63, 3.8) is 0 Å². The molecule has 7 heteroatoms. The number of rotatable bonds is 5. The highest BCUT2D eigenvalue weighted by molar-refractivity contribution is 7.87. The van der Waals surface area contributed by atoms with Crippen LogP contribution in [0.3, 0.4) is 0 Å². The van der Waals surface area contributed by atoms with Crippen LogP contribution in [0.4, 0.5) is 0 Å². The maximum absolute atomic E-state index is 12.7. The van der Waals surface area contributed by atoms with Crippen molar-refractivity contribution in [2.75, 3.05) is 19.7 Å². The molecule has 2 atom stereocenters. The molecule has 0 saturated carbocycles. The third kappa shape index (κ3) is 3.63. The van der Waals surface area contributed by atoms with Gasteiger partial charge in [-0.25, -0.2) is 0 Å². The smallest absolute Gasteiger partial charge is 0.310 e. The van der Waals surface area contributed by atoms with Crippen LogP contribution in [-0.4, -0.2) is 38.4 Å². The third-order valence-electron chi connectivity index (χ3n) is 4.77. The normalized spacial score (nSPS) is 24.5. The lowest BCUT2D eigenvalue weighted by atomic mass is 10.0. The molecule has 1 aliphatic heterocycles. The largest absolute Gasteiger partial charge is 0.466 e. The van der Waals surface area contributed by atoms with Crippen LogP contribution in [0.15, 0.2) is 24.3 Å². The lowest BCUT2D eigenvalue weighted by molar-refractivity contribution is -0.149. The number of nitrogens with one attached hydrogen (secondary N) is 1. The van der Waals surface area contributed by atoms with E-state index in [4.69, 9.17) is 4.74 Å². The molecule has 0 radical (unpaired) electrons. The number of fused-ring (bicyclic) bond motifs is 1. The highest BCUT2D eigenvalue weighted by Gasteiger charge is 2.35. The molecular weight excluding hydrogens is 328 g/mol. The van der Waals surface area contributed by atoms with E-state index in [-0.39, 0.29) is 24.5 Å². The Morgan fingerprint density at radius 2 is 2.12 bits per heavy atom. The van der Waals surface area contributed by atoms with E-state index in [0.717, 1.165) is 18.4 Å². The summed E-state index contributed by atoms with van der Waals surface area (Å²) in [5, 5.41) is 0. The SMILES string of the molecule is CCOC(=O)C1CCCN(S(=O)(=O)NC2CCc3ccccc32)C1. The first-order valence-electron chi connectivity index (χ1n) is 8.53. The first kappa shape index (κ1) is 17.4.